The van der Waals surface area contributed by atoms with Gasteiger partial charge in [0.05, 0.1) is 7.11 Å². The molecule has 128 valence electrons. The van der Waals surface area contributed by atoms with E-state index in [1.165, 1.54) is 6.42 Å². The van der Waals surface area contributed by atoms with Crippen molar-refractivity contribution in [3.05, 3.63) is 30.2 Å². The van der Waals surface area contributed by atoms with Crippen LogP contribution in [0.1, 0.15) is 32.1 Å². The zero-order valence-corrected chi connectivity index (χ0v) is 14.2. The SMILES string of the molecule is COc1cccc(-c2noc(CCC(=O)N3CCCC(C)C3)n2)c1. The molecule has 0 radical (unpaired) electrons. The van der Waals surface area contributed by atoms with Gasteiger partial charge >= 0.3 is 0 Å². The summed E-state index contributed by atoms with van der Waals surface area (Å²) in [6.45, 7) is 3.91. The van der Waals surface area contributed by atoms with Crippen molar-refractivity contribution < 1.29 is 14.1 Å². The van der Waals surface area contributed by atoms with E-state index < -0.39 is 0 Å². The first-order valence-corrected chi connectivity index (χ1v) is 8.40. The first-order valence-electron chi connectivity index (χ1n) is 8.40. The summed E-state index contributed by atoms with van der Waals surface area (Å²) < 4.78 is 10.5. The average molecular weight is 329 g/mol. The van der Waals surface area contributed by atoms with Gasteiger partial charge in [-0.25, -0.2) is 0 Å². The van der Waals surface area contributed by atoms with Crippen LogP contribution in [-0.4, -0.2) is 41.1 Å². The van der Waals surface area contributed by atoms with Gasteiger partial charge in [-0.15, -0.1) is 0 Å². The summed E-state index contributed by atoms with van der Waals surface area (Å²) in [4.78, 5) is 18.6. The molecule has 1 aromatic heterocycles. The number of amides is 1. The number of carbonyl (C=O) groups excluding carboxylic acids is 1. The maximum Gasteiger partial charge on any atom is 0.227 e. The Morgan fingerprint density at radius 2 is 2.33 bits per heavy atom. The average Bonchev–Trinajstić information content (AvgIpc) is 3.09. The molecule has 0 bridgehead atoms. The van der Waals surface area contributed by atoms with Gasteiger partial charge in [0, 0.05) is 31.5 Å². The number of piperidine rings is 1. The zero-order chi connectivity index (χ0) is 16.9. The van der Waals surface area contributed by atoms with Crippen LogP contribution < -0.4 is 4.74 Å². The number of aryl methyl sites for hydroxylation is 1. The van der Waals surface area contributed by atoms with E-state index in [0.29, 0.717) is 30.5 Å². The van der Waals surface area contributed by atoms with Crippen molar-refractivity contribution in [3.8, 4) is 17.1 Å². The summed E-state index contributed by atoms with van der Waals surface area (Å²) >= 11 is 0. The maximum absolute atomic E-state index is 12.3. The van der Waals surface area contributed by atoms with Crippen molar-refractivity contribution in [2.75, 3.05) is 20.2 Å². The summed E-state index contributed by atoms with van der Waals surface area (Å²) in [5, 5.41) is 4.00. The third-order valence-corrected chi connectivity index (χ3v) is 4.36. The first-order chi connectivity index (χ1) is 11.7. The maximum atomic E-state index is 12.3. The molecule has 1 unspecified atom stereocenters. The zero-order valence-electron chi connectivity index (χ0n) is 14.2. The fourth-order valence-corrected chi connectivity index (χ4v) is 3.02. The Labute approximate surface area is 141 Å². The van der Waals surface area contributed by atoms with Crippen molar-refractivity contribution in [3.63, 3.8) is 0 Å². The summed E-state index contributed by atoms with van der Waals surface area (Å²) in [5.74, 6) is 2.51. The molecule has 1 saturated heterocycles. The number of hydrogen-bond acceptors (Lipinski definition) is 5. The third kappa shape index (κ3) is 3.93. The summed E-state index contributed by atoms with van der Waals surface area (Å²) in [7, 11) is 1.62. The van der Waals surface area contributed by atoms with Gasteiger partial charge in [0.25, 0.3) is 0 Å². The highest BCUT2D eigenvalue weighted by molar-refractivity contribution is 5.76. The second-order valence-corrected chi connectivity index (χ2v) is 6.33. The summed E-state index contributed by atoms with van der Waals surface area (Å²) in [6, 6.07) is 7.50. The molecule has 1 fully saturated rings. The quantitative estimate of drug-likeness (QED) is 0.843. The number of carbonyl (C=O) groups is 1. The van der Waals surface area contributed by atoms with E-state index in [9.17, 15) is 4.79 Å². The minimum Gasteiger partial charge on any atom is -0.497 e. The van der Waals surface area contributed by atoms with Crippen LogP contribution in [0.3, 0.4) is 0 Å². The van der Waals surface area contributed by atoms with E-state index in [1.54, 1.807) is 7.11 Å². The molecule has 1 aliphatic heterocycles. The number of benzene rings is 1. The molecule has 0 saturated carbocycles. The van der Waals surface area contributed by atoms with Crippen LogP contribution >= 0.6 is 0 Å². The van der Waals surface area contributed by atoms with Gasteiger partial charge in [0.15, 0.2) is 0 Å². The predicted molar refractivity (Wildman–Crippen MR) is 89.6 cm³/mol. The van der Waals surface area contributed by atoms with Crippen LogP contribution in [0.5, 0.6) is 5.75 Å². The highest BCUT2D eigenvalue weighted by Gasteiger charge is 2.21. The number of hydrogen-bond donors (Lipinski definition) is 0. The second-order valence-electron chi connectivity index (χ2n) is 6.33. The highest BCUT2D eigenvalue weighted by Crippen LogP contribution is 2.22. The number of ether oxygens (including phenoxy) is 1. The minimum absolute atomic E-state index is 0.169. The predicted octanol–water partition coefficient (Wildman–Crippen LogP) is 2.94. The molecule has 0 spiro atoms. The first kappa shape index (κ1) is 16.5. The molecule has 6 nitrogen and oxygen atoms in total. The Morgan fingerprint density at radius 3 is 3.12 bits per heavy atom. The molecule has 6 heteroatoms. The molecule has 2 aromatic rings. The van der Waals surface area contributed by atoms with E-state index in [1.807, 2.05) is 29.2 Å². The highest BCUT2D eigenvalue weighted by atomic mass is 16.5. The van der Waals surface area contributed by atoms with Gasteiger partial charge in [0.2, 0.25) is 17.6 Å². The van der Waals surface area contributed by atoms with Crippen LogP contribution in [0, 0.1) is 5.92 Å². The molecule has 0 N–H and O–H groups in total. The molecule has 1 amide bonds. The number of rotatable bonds is 5. The Balaban J connectivity index is 1.58. The molecule has 0 aliphatic carbocycles. The Kier molecular flexibility index (Phi) is 5.13. The van der Waals surface area contributed by atoms with E-state index in [-0.39, 0.29) is 5.91 Å². The molecule has 1 atom stereocenters. The largest absolute Gasteiger partial charge is 0.497 e. The van der Waals surface area contributed by atoms with E-state index >= 15 is 0 Å². The molecule has 1 aromatic carbocycles. The number of likely N-dealkylation sites (tertiary alicyclic amines) is 1. The van der Waals surface area contributed by atoms with Crippen molar-refractivity contribution in [1.29, 1.82) is 0 Å². The number of aromatic nitrogens is 2. The van der Waals surface area contributed by atoms with Crippen LogP contribution in [0.4, 0.5) is 0 Å². The fraction of sp³-hybridized carbons (Fsp3) is 0.500. The van der Waals surface area contributed by atoms with Crippen molar-refractivity contribution in [1.82, 2.24) is 15.0 Å². The fourth-order valence-electron chi connectivity index (χ4n) is 3.02. The molecular weight excluding hydrogens is 306 g/mol. The molecule has 3 rings (SSSR count). The van der Waals surface area contributed by atoms with E-state index in [4.69, 9.17) is 9.26 Å². The Bertz CT molecular complexity index is 698. The van der Waals surface area contributed by atoms with Crippen LogP contribution in [0.2, 0.25) is 0 Å². The van der Waals surface area contributed by atoms with E-state index in [2.05, 4.69) is 17.1 Å². The van der Waals surface area contributed by atoms with E-state index in [0.717, 1.165) is 30.8 Å². The van der Waals surface area contributed by atoms with Crippen molar-refractivity contribution in [2.45, 2.75) is 32.6 Å². The second kappa shape index (κ2) is 7.47. The third-order valence-electron chi connectivity index (χ3n) is 4.36. The van der Waals surface area contributed by atoms with Crippen molar-refractivity contribution >= 4 is 5.91 Å². The number of methoxy groups -OCH3 is 1. The molecule has 1 aliphatic rings. The lowest BCUT2D eigenvalue weighted by Gasteiger charge is -2.30. The van der Waals surface area contributed by atoms with Gasteiger partial charge in [-0.3, -0.25) is 4.79 Å². The molecular formula is C18H23N3O3. The number of nitrogens with zero attached hydrogens (tertiary/aromatic N) is 3. The van der Waals surface area contributed by atoms with Crippen LogP contribution in [-0.2, 0) is 11.2 Å². The van der Waals surface area contributed by atoms with Crippen LogP contribution in [0.15, 0.2) is 28.8 Å². The van der Waals surface area contributed by atoms with Gasteiger partial charge in [-0.05, 0) is 30.9 Å². The lowest BCUT2D eigenvalue weighted by molar-refractivity contribution is -0.132. The summed E-state index contributed by atoms with van der Waals surface area (Å²) in [6.07, 6.45) is 3.18. The molecule has 2 heterocycles. The van der Waals surface area contributed by atoms with Crippen LogP contribution in [0.25, 0.3) is 11.4 Å². The smallest absolute Gasteiger partial charge is 0.227 e. The van der Waals surface area contributed by atoms with Gasteiger partial charge < -0.3 is 14.2 Å². The lowest BCUT2D eigenvalue weighted by Crippen LogP contribution is -2.39. The topological polar surface area (TPSA) is 68.5 Å². The summed E-state index contributed by atoms with van der Waals surface area (Å²) in [5.41, 5.74) is 0.834. The monoisotopic (exact) mass is 329 g/mol. The van der Waals surface area contributed by atoms with Gasteiger partial charge in [-0.1, -0.05) is 24.2 Å². The van der Waals surface area contributed by atoms with Gasteiger partial charge in [0.1, 0.15) is 5.75 Å². The normalized spacial score (nSPS) is 17.8. The van der Waals surface area contributed by atoms with Crippen molar-refractivity contribution in [2.24, 2.45) is 5.92 Å². The lowest BCUT2D eigenvalue weighted by atomic mass is 10.00. The standard InChI is InChI=1S/C18H23N3O3/c1-13-5-4-10-21(12-13)17(22)9-8-16-19-18(20-24-16)14-6-3-7-15(11-14)23-2/h3,6-7,11,13H,4-5,8-10,12H2,1-2H3. The minimum atomic E-state index is 0.169. The Hall–Kier alpha value is -2.37. The van der Waals surface area contributed by atoms with Gasteiger partial charge in [-0.2, -0.15) is 4.98 Å². The molecule has 24 heavy (non-hydrogen) atoms. The Morgan fingerprint density at radius 1 is 1.46 bits per heavy atom.